The Bertz CT molecular complexity index is 2380. The third-order valence-corrected chi connectivity index (χ3v) is 10.3. The van der Waals surface area contributed by atoms with Crippen molar-refractivity contribution in [1.29, 1.82) is 0 Å². The lowest BCUT2D eigenvalue weighted by Crippen LogP contribution is -2.62. The molecule has 3 atom stereocenters. The lowest BCUT2D eigenvalue weighted by atomic mass is 9.89. The highest BCUT2D eigenvalue weighted by molar-refractivity contribution is 6.08. The molecule has 0 radical (unpaired) electrons. The molecule has 0 spiro atoms. The van der Waals surface area contributed by atoms with E-state index in [4.69, 9.17) is 9.15 Å². The van der Waals surface area contributed by atoms with E-state index in [0.717, 1.165) is 33.1 Å². The number of carbonyl (C=O) groups excluding carboxylic acids is 4. The Morgan fingerprint density at radius 1 is 0.862 bits per heavy atom. The van der Waals surface area contributed by atoms with E-state index in [9.17, 15) is 29.1 Å². The van der Waals surface area contributed by atoms with Crippen molar-refractivity contribution in [3.8, 4) is 22.5 Å². The number of nitrogens with one attached hydrogen (secondary N) is 3. The fourth-order valence-corrected chi connectivity index (χ4v) is 7.07. The van der Waals surface area contributed by atoms with Crippen LogP contribution in [-0.2, 0) is 36.8 Å². The molecular weight excluding hydrogens is 739 g/mol. The third-order valence-electron chi connectivity index (χ3n) is 10.3. The molecule has 4 N–H and O–H groups in total. The average molecular weight is 789 g/mol. The van der Waals surface area contributed by atoms with Crippen molar-refractivity contribution in [2.75, 3.05) is 39.6 Å². The molecule has 13 nitrogen and oxygen atoms in total. The minimum Gasteiger partial charge on any atom is -0.478 e. The van der Waals surface area contributed by atoms with Crippen LogP contribution in [0.3, 0.4) is 0 Å². The van der Waals surface area contributed by atoms with Gasteiger partial charge in [0, 0.05) is 67.8 Å². The zero-order valence-electron chi connectivity index (χ0n) is 33.5. The van der Waals surface area contributed by atoms with Crippen LogP contribution in [0.1, 0.15) is 54.1 Å². The number of carbonyl (C=O) groups is 5. The molecule has 0 bridgehead atoms. The molecule has 3 amide bonds. The Morgan fingerprint density at radius 2 is 1.62 bits per heavy atom. The maximum atomic E-state index is 13.1. The molecule has 2 aliphatic heterocycles. The number of anilines is 1. The number of nitrogens with zero attached hydrogens (tertiary/aromatic N) is 2. The number of amides is 3. The Kier molecular flexibility index (Phi) is 12.9. The summed E-state index contributed by atoms with van der Waals surface area (Å²) in [6.07, 6.45) is 1.84. The number of benzene rings is 4. The van der Waals surface area contributed by atoms with Crippen molar-refractivity contribution < 1.29 is 38.2 Å². The van der Waals surface area contributed by atoms with E-state index in [1.165, 1.54) is 0 Å². The molecule has 0 unspecified atom stereocenters. The van der Waals surface area contributed by atoms with Gasteiger partial charge in [0.2, 0.25) is 23.1 Å². The lowest BCUT2D eigenvalue weighted by Gasteiger charge is -2.33. The number of aromatic carboxylic acids is 1. The summed E-state index contributed by atoms with van der Waals surface area (Å²) in [5, 5.41) is 20.6. The second kappa shape index (κ2) is 18.2. The summed E-state index contributed by atoms with van der Waals surface area (Å²) >= 11 is 0. The van der Waals surface area contributed by atoms with Gasteiger partial charge in [-0.1, -0.05) is 48.9 Å². The number of carboxylic acids is 1. The van der Waals surface area contributed by atoms with Gasteiger partial charge >= 0.3 is 11.9 Å². The van der Waals surface area contributed by atoms with Crippen LogP contribution in [0.5, 0.6) is 0 Å². The van der Waals surface area contributed by atoms with E-state index in [0.29, 0.717) is 48.3 Å². The summed E-state index contributed by atoms with van der Waals surface area (Å²) < 4.78 is 13.3. The summed E-state index contributed by atoms with van der Waals surface area (Å²) in [5.74, 6) is -1.97. The fraction of sp³-hybridized carbons (Fsp3) is 0.333. The van der Waals surface area contributed by atoms with Crippen molar-refractivity contribution in [3.05, 3.63) is 107 Å². The van der Waals surface area contributed by atoms with E-state index >= 15 is 0 Å². The quantitative estimate of drug-likeness (QED) is 0.0491. The molecule has 1 saturated heterocycles. The first-order chi connectivity index (χ1) is 27.8. The maximum absolute atomic E-state index is 13.1. The van der Waals surface area contributed by atoms with Gasteiger partial charge in [-0.3, -0.25) is 14.4 Å². The van der Waals surface area contributed by atoms with Crippen molar-refractivity contribution in [3.63, 3.8) is 0 Å². The molecule has 0 aromatic heterocycles. The number of fused-ring (bicyclic) bond motifs is 2. The first kappa shape index (κ1) is 41.1. The molecule has 302 valence electrons. The predicted molar refractivity (Wildman–Crippen MR) is 221 cm³/mol. The highest BCUT2D eigenvalue weighted by Gasteiger charge is 2.41. The van der Waals surface area contributed by atoms with Gasteiger partial charge in [-0.25, -0.2) is 14.2 Å². The minimum absolute atomic E-state index is 0.00476. The third kappa shape index (κ3) is 9.71. The Morgan fingerprint density at radius 3 is 2.31 bits per heavy atom. The number of rotatable bonds is 16. The summed E-state index contributed by atoms with van der Waals surface area (Å²) in [5.41, 5.74) is 5.09. The van der Waals surface area contributed by atoms with Crippen LogP contribution in [0.25, 0.3) is 33.4 Å². The van der Waals surface area contributed by atoms with Gasteiger partial charge in [-0.05, 0) is 60.7 Å². The van der Waals surface area contributed by atoms with Gasteiger partial charge in [0.15, 0.2) is 6.04 Å². The van der Waals surface area contributed by atoms with Gasteiger partial charge in [0.25, 0.3) is 0 Å². The molecule has 3 aromatic rings. The fourth-order valence-electron chi connectivity index (χ4n) is 7.07. The molecule has 1 fully saturated rings. The van der Waals surface area contributed by atoms with Crippen LogP contribution in [0.15, 0.2) is 89.3 Å². The zero-order chi connectivity index (χ0) is 41.5. The van der Waals surface area contributed by atoms with Crippen LogP contribution in [0.4, 0.5) is 5.69 Å². The monoisotopic (exact) mass is 788 g/mol. The number of carboxylic acid groups (broad SMARTS) is 1. The SMILES string of the molecule is C[C@H]1OC(=O)[C@H]1NC(=O)[C@@H](Cc1ccccc1)NC(=O)CCCCCNC(=O)Cc1ccc(-c2c3ccc(=[N+](C)C)cc-3oc3cc(N(C)C)ccc23)c(C(=O)O)c1. The number of hydrogen-bond acceptors (Lipinski definition) is 8. The van der Waals surface area contributed by atoms with Gasteiger partial charge in [-0.2, -0.15) is 0 Å². The first-order valence-corrected chi connectivity index (χ1v) is 19.4. The number of cyclic esters (lactones) is 1. The van der Waals surface area contributed by atoms with Crippen LogP contribution >= 0.6 is 0 Å². The molecule has 3 aromatic carbocycles. The summed E-state index contributed by atoms with van der Waals surface area (Å²) in [6, 6.07) is 24.5. The zero-order valence-corrected chi connectivity index (χ0v) is 33.5. The van der Waals surface area contributed by atoms with E-state index in [1.807, 2.05) is 104 Å². The van der Waals surface area contributed by atoms with E-state index in [2.05, 4.69) is 16.0 Å². The largest absolute Gasteiger partial charge is 0.478 e. The molecule has 0 saturated carbocycles. The highest BCUT2D eigenvalue weighted by Crippen LogP contribution is 2.42. The van der Waals surface area contributed by atoms with Crippen molar-refractivity contribution in [2.24, 2.45) is 0 Å². The van der Waals surface area contributed by atoms with E-state index in [-0.39, 0.29) is 36.6 Å². The smallest absolute Gasteiger partial charge is 0.336 e. The van der Waals surface area contributed by atoms with Gasteiger partial charge in [0.05, 0.1) is 18.1 Å². The summed E-state index contributed by atoms with van der Waals surface area (Å²) in [7, 11) is 7.78. The highest BCUT2D eigenvalue weighted by atomic mass is 16.6. The molecular formula is C45H50N5O8+. The predicted octanol–water partition coefficient (Wildman–Crippen LogP) is 4.38. The second-order valence-corrected chi connectivity index (χ2v) is 15.1. The van der Waals surface area contributed by atoms with E-state index < -0.39 is 36.0 Å². The molecule has 1 aliphatic carbocycles. The van der Waals surface area contributed by atoms with E-state index in [1.54, 1.807) is 25.1 Å². The maximum Gasteiger partial charge on any atom is 0.336 e. The summed E-state index contributed by atoms with van der Waals surface area (Å²) in [6.45, 7) is 2.08. The van der Waals surface area contributed by atoms with Crippen molar-refractivity contribution >= 4 is 46.3 Å². The lowest BCUT2D eigenvalue weighted by molar-refractivity contribution is -0.176. The van der Waals surface area contributed by atoms with Crippen LogP contribution in [0, 0.1) is 0 Å². The number of esters is 1. The van der Waals surface area contributed by atoms with Gasteiger partial charge in [-0.15, -0.1) is 0 Å². The topological polar surface area (TPSA) is 170 Å². The molecule has 13 heteroatoms. The Hall–Kier alpha value is -6.50. The van der Waals surface area contributed by atoms with Crippen LogP contribution in [0.2, 0.25) is 0 Å². The molecule has 3 aliphatic rings. The van der Waals surface area contributed by atoms with Crippen LogP contribution < -0.4 is 30.8 Å². The normalized spacial score (nSPS) is 15.2. The van der Waals surface area contributed by atoms with Gasteiger partial charge < -0.3 is 35.1 Å². The summed E-state index contributed by atoms with van der Waals surface area (Å²) in [4.78, 5) is 65.4. The molecule has 2 heterocycles. The molecule has 58 heavy (non-hydrogen) atoms. The number of unbranched alkanes of at least 4 members (excludes halogenated alkanes) is 2. The Balaban J connectivity index is 1.06. The first-order valence-electron chi connectivity index (χ1n) is 19.4. The second-order valence-electron chi connectivity index (χ2n) is 15.1. The Labute approximate surface area is 337 Å². The standard InChI is InChI=1S/C45H49N5O8/c1-27-42(45(56)57-27)48-43(53)36(23-28-12-8-6-9-13-28)47-39(51)14-10-7-11-21-46-40(52)24-29-15-18-32(35(22-29)44(54)55)41-33-19-16-30(49(2)3)25-37(33)58-38-26-31(50(4)5)17-20-34(38)41/h6,8-9,12-13,15-20,22,25-27,36,42H,7,10-11,14,21,23-24H2,1-5H3,(H3-,46,47,48,51,52,53,54,55)/p+1/t27-,36-,42+/m1/s1. The van der Waals surface area contributed by atoms with Crippen LogP contribution in [-0.4, -0.2) is 87.7 Å². The average Bonchev–Trinajstić information content (AvgIpc) is 3.20. The van der Waals surface area contributed by atoms with Crippen molar-refractivity contribution in [2.45, 2.75) is 63.6 Å². The van der Waals surface area contributed by atoms with Crippen molar-refractivity contribution in [1.82, 2.24) is 20.5 Å². The molecule has 6 rings (SSSR count). The number of ether oxygens (including phenoxy) is 1. The minimum atomic E-state index is -1.11. The van der Waals surface area contributed by atoms with Gasteiger partial charge in [0.1, 0.15) is 37.6 Å². The number of hydrogen-bond donors (Lipinski definition) is 4.